The summed E-state index contributed by atoms with van der Waals surface area (Å²) in [4.78, 5) is 29.2. The first-order chi connectivity index (χ1) is 12.2. The minimum atomic E-state index is -0.181. The minimum Gasteiger partial charge on any atom is -0.339 e. The topological polar surface area (TPSA) is 40.6 Å². The first-order valence-electron chi connectivity index (χ1n) is 9.89. The summed E-state index contributed by atoms with van der Waals surface area (Å²) in [5.41, 5.74) is 2.66. The summed E-state index contributed by atoms with van der Waals surface area (Å²) in [6.07, 6.45) is 2.41. The fourth-order valence-electron chi connectivity index (χ4n) is 4.21. The number of rotatable bonds is 3. The molecule has 0 aromatic heterocycles. The van der Waals surface area contributed by atoms with Crippen LogP contribution in [0.5, 0.6) is 0 Å². The average molecular weight is 357 g/mol. The van der Waals surface area contributed by atoms with Crippen molar-refractivity contribution in [1.82, 2.24) is 9.80 Å². The second-order valence-electron chi connectivity index (χ2n) is 9.10. The van der Waals surface area contributed by atoms with E-state index >= 15 is 0 Å². The molecule has 4 heteroatoms. The SMILES string of the molecule is CC(C)N1CC(C(=O)N2CCCC2c2ccc(C(C)(C)C)cc2)CC1=O. The van der Waals surface area contributed by atoms with Crippen LogP contribution in [-0.2, 0) is 15.0 Å². The lowest BCUT2D eigenvalue weighted by molar-refractivity contribution is -0.136. The van der Waals surface area contributed by atoms with Gasteiger partial charge in [-0.15, -0.1) is 0 Å². The number of benzene rings is 1. The Balaban J connectivity index is 1.74. The maximum atomic E-state index is 13.1. The van der Waals surface area contributed by atoms with Gasteiger partial charge in [-0.25, -0.2) is 0 Å². The van der Waals surface area contributed by atoms with Gasteiger partial charge < -0.3 is 9.80 Å². The second kappa shape index (κ2) is 7.05. The highest BCUT2D eigenvalue weighted by molar-refractivity contribution is 5.89. The van der Waals surface area contributed by atoms with Gasteiger partial charge in [-0.3, -0.25) is 9.59 Å². The van der Waals surface area contributed by atoms with E-state index in [9.17, 15) is 9.59 Å². The number of amides is 2. The Hall–Kier alpha value is -1.84. The second-order valence-corrected chi connectivity index (χ2v) is 9.10. The summed E-state index contributed by atoms with van der Waals surface area (Å²) in [6.45, 7) is 12.0. The van der Waals surface area contributed by atoms with Gasteiger partial charge in [0, 0.05) is 25.6 Å². The molecule has 0 radical (unpaired) electrons. The Morgan fingerprint density at radius 1 is 1.15 bits per heavy atom. The zero-order valence-corrected chi connectivity index (χ0v) is 16.8. The van der Waals surface area contributed by atoms with Crippen LogP contribution in [0.1, 0.15) is 71.0 Å². The lowest BCUT2D eigenvalue weighted by atomic mass is 9.86. The van der Waals surface area contributed by atoms with E-state index < -0.39 is 0 Å². The molecule has 3 rings (SSSR count). The van der Waals surface area contributed by atoms with Crippen LogP contribution in [0.3, 0.4) is 0 Å². The van der Waals surface area contributed by atoms with E-state index in [0.717, 1.165) is 19.4 Å². The molecule has 2 aliphatic heterocycles. The normalized spacial score (nSPS) is 24.0. The molecular weight excluding hydrogens is 324 g/mol. The van der Waals surface area contributed by atoms with Crippen LogP contribution in [0.15, 0.2) is 24.3 Å². The highest BCUT2D eigenvalue weighted by Crippen LogP contribution is 2.35. The molecule has 1 aromatic rings. The van der Waals surface area contributed by atoms with Gasteiger partial charge in [0.1, 0.15) is 0 Å². The number of hydrogen-bond acceptors (Lipinski definition) is 2. The molecule has 2 atom stereocenters. The molecule has 0 spiro atoms. The van der Waals surface area contributed by atoms with Crippen molar-refractivity contribution < 1.29 is 9.59 Å². The third kappa shape index (κ3) is 3.65. The van der Waals surface area contributed by atoms with Gasteiger partial charge in [-0.05, 0) is 43.2 Å². The third-order valence-electron chi connectivity index (χ3n) is 5.83. The summed E-state index contributed by atoms with van der Waals surface area (Å²) in [5, 5.41) is 0. The molecular formula is C22H32N2O2. The van der Waals surface area contributed by atoms with Crippen molar-refractivity contribution in [3.8, 4) is 0 Å². The zero-order chi connectivity index (χ0) is 19.1. The lowest BCUT2D eigenvalue weighted by Gasteiger charge is -2.29. The van der Waals surface area contributed by atoms with Gasteiger partial charge in [-0.2, -0.15) is 0 Å². The lowest BCUT2D eigenvalue weighted by Crippen LogP contribution is -2.38. The smallest absolute Gasteiger partial charge is 0.228 e. The Bertz CT molecular complexity index is 672. The van der Waals surface area contributed by atoms with E-state index in [4.69, 9.17) is 0 Å². The maximum Gasteiger partial charge on any atom is 0.228 e. The van der Waals surface area contributed by atoms with Crippen molar-refractivity contribution in [2.75, 3.05) is 13.1 Å². The maximum absolute atomic E-state index is 13.1. The van der Waals surface area contributed by atoms with Crippen molar-refractivity contribution in [3.63, 3.8) is 0 Å². The average Bonchev–Trinajstić information content (AvgIpc) is 3.20. The molecule has 0 saturated carbocycles. The van der Waals surface area contributed by atoms with E-state index in [1.165, 1.54) is 11.1 Å². The molecule has 4 nitrogen and oxygen atoms in total. The minimum absolute atomic E-state index is 0.114. The number of carbonyl (C=O) groups excluding carboxylic acids is 2. The standard InChI is InChI=1S/C22H32N2O2/c1-15(2)24-14-17(13-20(24)25)21(26)23-12-6-7-19(23)16-8-10-18(11-9-16)22(3,4)5/h8-11,15,17,19H,6-7,12-14H2,1-5H3. The van der Waals surface area contributed by atoms with Crippen LogP contribution in [0.4, 0.5) is 0 Å². The van der Waals surface area contributed by atoms with Gasteiger partial charge >= 0.3 is 0 Å². The van der Waals surface area contributed by atoms with Gasteiger partial charge in [0.25, 0.3) is 0 Å². The Kier molecular flexibility index (Phi) is 5.14. The molecule has 2 saturated heterocycles. The fraction of sp³-hybridized carbons (Fsp3) is 0.636. The molecule has 0 bridgehead atoms. The van der Waals surface area contributed by atoms with E-state index in [0.29, 0.717) is 13.0 Å². The van der Waals surface area contributed by atoms with Crippen LogP contribution in [0.2, 0.25) is 0 Å². The molecule has 26 heavy (non-hydrogen) atoms. The quantitative estimate of drug-likeness (QED) is 0.824. The van der Waals surface area contributed by atoms with Crippen molar-refractivity contribution in [3.05, 3.63) is 35.4 Å². The third-order valence-corrected chi connectivity index (χ3v) is 5.83. The Morgan fingerprint density at radius 2 is 1.81 bits per heavy atom. The molecule has 1 aromatic carbocycles. The van der Waals surface area contributed by atoms with Crippen LogP contribution in [-0.4, -0.2) is 40.7 Å². The summed E-state index contributed by atoms with van der Waals surface area (Å²) >= 11 is 0. The number of hydrogen-bond donors (Lipinski definition) is 0. The summed E-state index contributed by atoms with van der Waals surface area (Å²) in [5.74, 6) is 0.0897. The predicted octanol–water partition coefficient (Wildman–Crippen LogP) is 3.90. The highest BCUT2D eigenvalue weighted by atomic mass is 16.2. The molecule has 0 N–H and O–H groups in total. The molecule has 2 unspecified atom stereocenters. The molecule has 142 valence electrons. The molecule has 2 amide bonds. The first-order valence-corrected chi connectivity index (χ1v) is 9.89. The summed E-state index contributed by atoms with van der Waals surface area (Å²) in [7, 11) is 0. The van der Waals surface area contributed by atoms with Gasteiger partial charge in [0.2, 0.25) is 11.8 Å². The van der Waals surface area contributed by atoms with Gasteiger partial charge in [-0.1, -0.05) is 45.0 Å². The van der Waals surface area contributed by atoms with E-state index in [1.807, 2.05) is 23.6 Å². The van der Waals surface area contributed by atoms with Crippen LogP contribution < -0.4 is 0 Å². The zero-order valence-electron chi connectivity index (χ0n) is 16.8. The van der Waals surface area contributed by atoms with Gasteiger partial charge in [0.05, 0.1) is 12.0 Å². The van der Waals surface area contributed by atoms with Gasteiger partial charge in [0.15, 0.2) is 0 Å². The summed E-state index contributed by atoms with van der Waals surface area (Å²) < 4.78 is 0. The Labute approximate surface area is 157 Å². The predicted molar refractivity (Wildman–Crippen MR) is 104 cm³/mol. The number of nitrogens with zero attached hydrogens (tertiary/aromatic N) is 2. The van der Waals surface area contributed by atoms with Crippen molar-refractivity contribution in [2.45, 2.75) is 71.4 Å². The first kappa shape index (κ1) is 18.9. The van der Waals surface area contributed by atoms with E-state index in [2.05, 4.69) is 45.0 Å². The monoisotopic (exact) mass is 356 g/mol. The fourth-order valence-corrected chi connectivity index (χ4v) is 4.21. The summed E-state index contributed by atoms with van der Waals surface area (Å²) in [6, 6.07) is 9.05. The highest BCUT2D eigenvalue weighted by Gasteiger charge is 2.40. The molecule has 2 heterocycles. The van der Waals surface area contributed by atoms with Crippen molar-refractivity contribution in [2.24, 2.45) is 5.92 Å². The van der Waals surface area contributed by atoms with Crippen molar-refractivity contribution in [1.29, 1.82) is 0 Å². The molecule has 2 aliphatic rings. The Morgan fingerprint density at radius 3 is 2.35 bits per heavy atom. The van der Waals surface area contributed by atoms with Crippen LogP contribution in [0.25, 0.3) is 0 Å². The van der Waals surface area contributed by atoms with E-state index in [1.54, 1.807) is 0 Å². The van der Waals surface area contributed by atoms with Crippen molar-refractivity contribution >= 4 is 11.8 Å². The van der Waals surface area contributed by atoms with Crippen LogP contribution in [0, 0.1) is 5.92 Å². The molecule has 2 fully saturated rings. The van der Waals surface area contributed by atoms with E-state index in [-0.39, 0.29) is 35.2 Å². The number of likely N-dealkylation sites (tertiary alicyclic amines) is 2. The largest absolute Gasteiger partial charge is 0.339 e. The van der Waals surface area contributed by atoms with Crippen LogP contribution >= 0.6 is 0 Å². The number of carbonyl (C=O) groups is 2. The molecule has 0 aliphatic carbocycles.